The fourth-order valence-corrected chi connectivity index (χ4v) is 5.81. The number of benzene rings is 1. The Kier molecular flexibility index (Phi) is 5.69. The third kappa shape index (κ3) is 3.82. The van der Waals surface area contributed by atoms with Gasteiger partial charge >= 0.3 is 0 Å². The fraction of sp³-hybridized carbons (Fsp3) is 0.583. The van der Waals surface area contributed by atoms with Gasteiger partial charge in [-0.2, -0.15) is 5.26 Å². The molecule has 5 rings (SSSR count). The van der Waals surface area contributed by atoms with Crippen LogP contribution in [0, 0.1) is 11.3 Å². The Morgan fingerprint density at radius 3 is 2.55 bits per heavy atom. The van der Waals surface area contributed by atoms with Crippen molar-refractivity contribution in [3.8, 4) is 6.07 Å². The van der Waals surface area contributed by atoms with Crippen LogP contribution in [-0.2, 0) is 20.9 Å². The molecule has 33 heavy (non-hydrogen) atoms. The molecule has 1 N–H and O–H groups in total. The van der Waals surface area contributed by atoms with Crippen LogP contribution >= 0.6 is 0 Å². The third-order valence-corrected chi connectivity index (χ3v) is 7.46. The molecule has 0 unspecified atom stereocenters. The Labute approximate surface area is 193 Å². The van der Waals surface area contributed by atoms with Gasteiger partial charge < -0.3 is 10.0 Å². The molecule has 4 aliphatic rings. The van der Waals surface area contributed by atoms with E-state index in [1.165, 1.54) is 4.90 Å². The van der Waals surface area contributed by atoms with Gasteiger partial charge in [0.05, 0.1) is 23.8 Å². The lowest BCUT2D eigenvalue weighted by Gasteiger charge is -2.58. The van der Waals surface area contributed by atoms with E-state index >= 15 is 0 Å². The molecule has 4 fully saturated rings. The fourth-order valence-electron chi connectivity index (χ4n) is 5.81. The van der Waals surface area contributed by atoms with Crippen LogP contribution in [0.15, 0.2) is 24.3 Å². The summed E-state index contributed by atoms with van der Waals surface area (Å²) in [6, 6.07) is 9.06. The second-order valence-electron chi connectivity index (χ2n) is 9.68. The van der Waals surface area contributed by atoms with E-state index in [-0.39, 0.29) is 17.7 Å². The molecule has 0 bridgehead atoms. The first-order valence-electron chi connectivity index (χ1n) is 11.7. The van der Waals surface area contributed by atoms with Gasteiger partial charge in [0, 0.05) is 52.2 Å². The zero-order valence-electron chi connectivity index (χ0n) is 18.7. The van der Waals surface area contributed by atoms with Gasteiger partial charge in [0.15, 0.2) is 0 Å². The molecule has 0 radical (unpaired) electrons. The summed E-state index contributed by atoms with van der Waals surface area (Å²) in [5, 5.41) is 19.3. The van der Waals surface area contributed by atoms with Gasteiger partial charge in [-0.3, -0.25) is 29.1 Å². The van der Waals surface area contributed by atoms with Crippen molar-refractivity contribution in [1.82, 2.24) is 19.6 Å². The maximum absolute atomic E-state index is 13.6. The summed E-state index contributed by atoms with van der Waals surface area (Å²) in [6.45, 7) is 3.62. The SMILES string of the molecule is N#Cc1ccc(CN2CC3(C2)C(=O)N(CCCN2CCCC2=O)C(=O)[C@@H]2C[C@@H](O)CN23)cc1. The number of rotatable bonds is 6. The van der Waals surface area contributed by atoms with Gasteiger partial charge in [-0.1, -0.05) is 12.1 Å². The molecule has 0 saturated carbocycles. The molecular formula is C24H29N5O4. The zero-order valence-corrected chi connectivity index (χ0v) is 18.7. The molecule has 1 spiro atoms. The number of nitrogens with zero attached hydrogens (tertiary/aromatic N) is 5. The van der Waals surface area contributed by atoms with E-state index in [9.17, 15) is 19.5 Å². The summed E-state index contributed by atoms with van der Waals surface area (Å²) in [4.78, 5) is 45.9. The first-order valence-corrected chi connectivity index (χ1v) is 11.7. The molecule has 0 aliphatic carbocycles. The number of imide groups is 1. The van der Waals surface area contributed by atoms with E-state index in [0.717, 1.165) is 18.5 Å². The largest absolute Gasteiger partial charge is 0.392 e. The lowest BCUT2D eigenvalue weighted by atomic mass is 9.82. The molecule has 1 aromatic carbocycles. The number of carbonyl (C=O) groups excluding carboxylic acids is 3. The van der Waals surface area contributed by atoms with E-state index in [0.29, 0.717) is 64.1 Å². The molecular weight excluding hydrogens is 422 g/mol. The number of aliphatic hydroxyl groups is 1. The topological polar surface area (TPSA) is 108 Å². The zero-order chi connectivity index (χ0) is 23.2. The highest BCUT2D eigenvalue weighted by atomic mass is 16.3. The number of aliphatic hydroxyl groups excluding tert-OH is 1. The predicted molar refractivity (Wildman–Crippen MR) is 117 cm³/mol. The van der Waals surface area contributed by atoms with Crippen molar-refractivity contribution in [1.29, 1.82) is 5.26 Å². The Morgan fingerprint density at radius 2 is 1.88 bits per heavy atom. The maximum atomic E-state index is 13.6. The lowest BCUT2D eigenvalue weighted by molar-refractivity contribution is -0.180. The second kappa shape index (κ2) is 8.52. The third-order valence-electron chi connectivity index (χ3n) is 7.46. The van der Waals surface area contributed by atoms with Crippen LogP contribution in [0.1, 0.15) is 36.8 Å². The summed E-state index contributed by atoms with van der Waals surface area (Å²) in [5.41, 5.74) is 0.889. The quantitative estimate of drug-likeness (QED) is 0.603. The minimum Gasteiger partial charge on any atom is -0.392 e. The van der Waals surface area contributed by atoms with Gasteiger partial charge in [0.2, 0.25) is 11.8 Å². The van der Waals surface area contributed by atoms with Gasteiger partial charge in [0.25, 0.3) is 5.91 Å². The minimum atomic E-state index is -0.786. The lowest BCUT2D eigenvalue weighted by Crippen LogP contribution is -2.81. The Bertz CT molecular complexity index is 997. The average Bonchev–Trinajstić information content (AvgIpc) is 3.38. The normalized spacial score (nSPS) is 27.2. The summed E-state index contributed by atoms with van der Waals surface area (Å²) >= 11 is 0. The summed E-state index contributed by atoms with van der Waals surface area (Å²) in [7, 11) is 0. The number of β-amino-alcohol motifs (C(OH)–C–C–N with tert-alkyl or cyclic N) is 1. The highest BCUT2D eigenvalue weighted by molar-refractivity contribution is 6.06. The molecule has 4 saturated heterocycles. The van der Waals surface area contributed by atoms with Crippen molar-refractivity contribution in [3.63, 3.8) is 0 Å². The molecule has 2 atom stereocenters. The van der Waals surface area contributed by atoms with Gasteiger partial charge in [-0.15, -0.1) is 0 Å². The first kappa shape index (κ1) is 22.0. The molecule has 1 aromatic rings. The van der Waals surface area contributed by atoms with Gasteiger partial charge in [-0.05, 0) is 37.0 Å². The number of amides is 3. The smallest absolute Gasteiger partial charge is 0.252 e. The number of fused-ring (bicyclic) bond motifs is 2. The molecule has 174 valence electrons. The predicted octanol–water partition coefficient (Wildman–Crippen LogP) is -0.0708. The number of likely N-dealkylation sites (tertiary alicyclic amines) is 2. The highest BCUT2D eigenvalue weighted by Crippen LogP contribution is 2.40. The molecule has 4 heterocycles. The van der Waals surface area contributed by atoms with Crippen LogP contribution in [0.2, 0.25) is 0 Å². The number of hydrogen-bond donors (Lipinski definition) is 1. The van der Waals surface area contributed by atoms with Crippen LogP contribution in [-0.4, -0.2) is 99.4 Å². The van der Waals surface area contributed by atoms with Crippen LogP contribution in [0.4, 0.5) is 0 Å². The molecule has 9 heteroatoms. The van der Waals surface area contributed by atoms with E-state index < -0.39 is 17.7 Å². The molecule has 3 amide bonds. The number of hydrogen-bond acceptors (Lipinski definition) is 7. The van der Waals surface area contributed by atoms with Gasteiger partial charge in [0.1, 0.15) is 5.54 Å². The van der Waals surface area contributed by atoms with E-state index in [4.69, 9.17) is 5.26 Å². The van der Waals surface area contributed by atoms with Gasteiger partial charge in [-0.25, -0.2) is 0 Å². The Hall–Kier alpha value is -2.80. The second-order valence-corrected chi connectivity index (χ2v) is 9.68. The van der Waals surface area contributed by atoms with Crippen LogP contribution < -0.4 is 0 Å². The van der Waals surface area contributed by atoms with Crippen LogP contribution in [0.3, 0.4) is 0 Å². The van der Waals surface area contributed by atoms with Crippen LogP contribution in [0.5, 0.6) is 0 Å². The van der Waals surface area contributed by atoms with Crippen molar-refractivity contribution in [2.75, 3.05) is 39.3 Å². The summed E-state index contributed by atoms with van der Waals surface area (Å²) in [6.07, 6.45) is 1.76. The van der Waals surface area contributed by atoms with Crippen LogP contribution in [0.25, 0.3) is 0 Å². The van der Waals surface area contributed by atoms with E-state index in [1.807, 2.05) is 21.9 Å². The Morgan fingerprint density at radius 1 is 1.12 bits per heavy atom. The van der Waals surface area contributed by atoms with Crippen molar-refractivity contribution < 1.29 is 19.5 Å². The number of piperazine rings is 1. The standard InChI is InChI=1S/C24H29N5O4/c25-12-17-4-6-18(7-5-17)13-26-15-24(16-26)23(33)28(10-2-9-27-8-1-3-21(27)31)22(32)20-11-19(30)14-29(20)24/h4-7,19-20,30H,1-3,8-11,13-16H2/t19-,20+/m1/s1. The highest BCUT2D eigenvalue weighted by Gasteiger charge is 2.64. The van der Waals surface area contributed by atoms with E-state index in [2.05, 4.69) is 11.0 Å². The number of carbonyl (C=O) groups is 3. The Balaban J connectivity index is 1.27. The summed E-state index contributed by atoms with van der Waals surface area (Å²) in [5.74, 6) is -0.257. The minimum absolute atomic E-state index is 0.144. The molecule has 0 aromatic heterocycles. The average molecular weight is 452 g/mol. The van der Waals surface area contributed by atoms with Crippen molar-refractivity contribution >= 4 is 17.7 Å². The molecule has 9 nitrogen and oxygen atoms in total. The van der Waals surface area contributed by atoms with Crippen molar-refractivity contribution in [2.24, 2.45) is 0 Å². The maximum Gasteiger partial charge on any atom is 0.252 e. The van der Waals surface area contributed by atoms with E-state index in [1.54, 1.807) is 12.1 Å². The molecule has 4 aliphatic heterocycles. The van der Waals surface area contributed by atoms with Crippen molar-refractivity contribution in [2.45, 2.75) is 49.9 Å². The number of nitriles is 1. The summed E-state index contributed by atoms with van der Waals surface area (Å²) < 4.78 is 0. The monoisotopic (exact) mass is 451 g/mol. The van der Waals surface area contributed by atoms with Crippen molar-refractivity contribution in [3.05, 3.63) is 35.4 Å². The first-order chi connectivity index (χ1) is 15.9.